The molecule has 2 rings (SSSR count). The normalized spacial score (nSPS) is 17.9. The predicted molar refractivity (Wildman–Crippen MR) is 64.5 cm³/mol. The molecule has 0 saturated carbocycles. The molecule has 4 nitrogen and oxygen atoms in total. The maximum Gasteiger partial charge on any atom is 0.191 e. The molecule has 1 aromatic rings. The molecule has 90 valence electrons. The molecular weight excluding hydrogens is 218 g/mol. The smallest absolute Gasteiger partial charge is 0.191 e. The van der Waals surface area contributed by atoms with Crippen molar-refractivity contribution in [3.8, 4) is 5.75 Å². The number of carbonyl (C=O) groups excluding carboxylic acids is 1. The fraction of sp³-hybridized carbons (Fsp3) is 0.462. The lowest BCUT2D eigenvalue weighted by Gasteiger charge is -2.06. The zero-order valence-corrected chi connectivity index (χ0v) is 9.81. The molecule has 0 spiro atoms. The van der Waals surface area contributed by atoms with Crippen molar-refractivity contribution in [2.45, 2.75) is 32.2 Å². The van der Waals surface area contributed by atoms with Gasteiger partial charge in [0, 0.05) is 12.0 Å². The molecule has 0 fully saturated rings. The molecule has 1 aliphatic rings. The minimum atomic E-state index is -0.740. The molecule has 1 atom stereocenters. The Kier molecular flexibility index (Phi) is 3.52. The molecule has 0 bridgehead atoms. The number of carbonyl (C=O) groups is 1. The number of ketones is 1. The van der Waals surface area contributed by atoms with Crippen LogP contribution in [-0.4, -0.2) is 18.4 Å². The molecule has 0 radical (unpaired) electrons. The van der Waals surface area contributed by atoms with E-state index < -0.39 is 6.04 Å². The Balaban J connectivity index is 2.12. The van der Waals surface area contributed by atoms with Crippen molar-refractivity contribution < 1.29 is 9.53 Å². The van der Waals surface area contributed by atoms with Crippen LogP contribution in [0.1, 0.15) is 35.7 Å². The predicted octanol–water partition coefficient (Wildman–Crippen LogP) is 2.74. The molecule has 0 amide bonds. The van der Waals surface area contributed by atoms with Crippen LogP contribution in [0.2, 0.25) is 0 Å². The monoisotopic (exact) mass is 233 g/mol. The summed E-state index contributed by atoms with van der Waals surface area (Å²) in [5.74, 6) is 0.589. The number of rotatable bonds is 5. The van der Waals surface area contributed by atoms with Gasteiger partial charge in [0.05, 0.1) is 6.61 Å². The SMILES string of the molecule is CCCCOc1ccc2c(c1)CC(N=O)C2=O. The Bertz CT molecular complexity index is 442. The summed E-state index contributed by atoms with van der Waals surface area (Å²) in [6.45, 7) is 2.78. The topological polar surface area (TPSA) is 55.7 Å². The van der Waals surface area contributed by atoms with Crippen LogP contribution in [0.3, 0.4) is 0 Å². The highest BCUT2D eigenvalue weighted by atomic mass is 16.5. The number of hydrogen-bond donors (Lipinski definition) is 0. The van der Waals surface area contributed by atoms with Gasteiger partial charge in [0.1, 0.15) is 5.75 Å². The van der Waals surface area contributed by atoms with Crippen molar-refractivity contribution in [1.82, 2.24) is 0 Å². The van der Waals surface area contributed by atoms with Crippen molar-refractivity contribution in [2.75, 3.05) is 6.61 Å². The number of unbranched alkanes of at least 4 members (excludes halogenated alkanes) is 1. The summed E-state index contributed by atoms with van der Waals surface area (Å²) in [7, 11) is 0. The number of fused-ring (bicyclic) bond motifs is 1. The molecule has 1 unspecified atom stereocenters. The van der Waals surface area contributed by atoms with Crippen LogP contribution in [0.25, 0.3) is 0 Å². The first kappa shape index (κ1) is 11.8. The van der Waals surface area contributed by atoms with Crippen LogP contribution < -0.4 is 4.74 Å². The Labute approximate surface area is 99.9 Å². The number of nitrogens with zero attached hydrogens (tertiary/aromatic N) is 1. The van der Waals surface area contributed by atoms with E-state index in [0.29, 0.717) is 18.6 Å². The first-order chi connectivity index (χ1) is 8.26. The Hall–Kier alpha value is -1.71. The van der Waals surface area contributed by atoms with E-state index in [4.69, 9.17) is 4.74 Å². The number of Topliss-reactive ketones (excluding diaryl/α,β-unsaturated/α-hetero) is 1. The highest BCUT2D eigenvalue weighted by Gasteiger charge is 2.31. The quantitative estimate of drug-likeness (QED) is 0.580. The van der Waals surface area contributed by atoms with E-state index in [1.165, 1.54) is 0 Å². The van der Waals surface area contributed by atoms with Gasteiger partial charge < -0.3 is 4.74 Å². The number of ether oxygens (including phenoxy) is 1. The molecule has 0 aromatic heterocycles. The minimum Gasteiger partial charge on any atom is -0.494 e. The van der Waals surface area contributed by atoms with Crippen LogP contribution in [0.15, 0.2) is 23.4 Å². The Morgan fingerprint density at radius 3 is 3.00 bits per heavy atom. The Morgan fingerprint density at radius 2 is 2.29 bits per heavy atom. The molecular formula is C13H15NO3. The Morgan fingerprint density at radius 1 is 1.47 bits per heavy atom. The van der Waals surface area contributed by atoms with Gasteiger partial charge in [-0.3, -0.25) is 4.79 Å². The first-order valence-corrected chi connectivity index (χ1v) is 5.88. The van der Waals surface area contributed by atoms with Crippen molar-refractivity contribution >= 4 is 5.78 Å². The highest BCUT2D eigenvalue weighted by molar-refractivity contribution is 6.04. The van der Waals surface area contributed by atoms with E-state index >= 15 is 0 Å². The molecule has 0 heterocycles. The van der Waals surface area contributed by atoms with Gasteiger partial charge in [-0.1, -0.05) is 18.5 Å². The van der Waals surface area contributed by atoms with Gasteiger partial charge in [-0.2, -0.15) is 4.91 Å². The third-order valence-corrected chi connectivity index (χ3v) is 2.95. The van der Waals surface area contributed by atoms with Gasteiger partial charge in [-0.05, 0) is 30.2 Å². The molecule has 0 N–H and O–H groups in total. The zero-order chi connectivity index (χ0) is 12.3. The van der Waals surface area contributed by atoms with Crippen molar-refractivity contribution in [2.24, 2.45) is 5.18 Å². The second kappa shape index (κ2) is 5.08. The summed E-state index contributed by atoms with van der Waals surface area (Å²) in [6, 6.07) is 4.61. The van der Waals surface area contributed by atoms with Crippen LogP contribution in [0.4, 0.5) is 0 Å². The molecule has 0 aliphatic heterocycles. The van der Waals surface area contributed by atoms with Gasteiger partial charge in [-0.25, -0.2) is 0 Å². The number of benzene rings is 1. The lowest BCUT2D eigenvalue weighted by Crippen LogP contribution is -2.11. The summed E-state index contributed by atoms with van der Waals surface area (Å²) < 4.78 is 5.56. The van der Waals surface area contributed by atoms with Gasteiger partial charge in [-0.15, -0.1) is 0 Å². The van der Waals surface area contributed by atoms with E-state index in [0.717, 1.165) is 24.2 Å². The first-order valence-electron chi connectivity index (χ1n) is 5.88. The molecule has 4 heteroatoms. The molecule has 17 heavy (non-hydrogen) atoms. The van der Waals surface area contributed by atoms with Crippen LogP contribution in [-0.2, 0) is 6.42 Å². The van der Waals surface area contributed by atoms with E-state index in [-0.39, 0.29) is 5.78 Å². The van der Waals surface area contributed by atoms with E-state index in [9.17, 15) is 9.70 Å². The van der Waals surface area contributed by atoms with Gasteiger partial charge >= 0.3 is 0 Å². The van der Waals surface area contributed by atoms with Crippen LogP contribution in [0.5, 0.6) is 5.75 Å². The third-order valence-electron chi connectivity index (χ3n) is 2.95. The standard InChI is InChI=1S/C13H15NO3/c1-2-3-6-17-10-4-5-11-9(7-10)8-12(14-16)13(11)15/h4-5,7,12H,2-3,6,8H2,1H3. The third kappa shape index (κ3) is 2.35. The van der Waals surface area contributed by atoms with E-state index in [2.05, 4.69) is 12.1 Å². The maximum absolute atomic E-state index is 11.7. The molecule has 1 aliphatic carbocycles. The number of nitroso groups, excluding NO2 is 1. The molecule has 1 aromatic carbocycles. The van der Waals surface area contributed by atoms with Crippen molar-refractivity contribution in [1.29, 1.82) is 0 Å². The minimum absolute atomic E-state index is 0.171. The fourth-order valence-corrected chi connectivity index (χ4v) is 1.97. The second-order valence-electron chi connectivity index (χ2n) is 4.21. The zero-order valence-electron chi connectivity index (χ0n) is 9.81. The lowest BCUT2D eigenvalue weighted by atomic mass is 10.1. The summed E-state index contributed by atoms with van der Waals surface area (Å²) in [5, 5.41) is 2.85. The van der Waals surface area contributed by atoms with Gasteiger partial charge in [0.15, 0.2) is 11.8 Å². The van der Waals surface area contributed by atoms with E-state index in [1.807, 2.05) is 6.07 Å². The van der Waals surface area contributed by atoms with Crippen molar-refractivity contribution in [3.63, 3.8) is 0 Å². The van der Waals surface area contributed by atoms with Gasteiger partial charge in [0.2, 0.25) is 0 Å². The fourth-order valence-electron chi connectivity index (χ4n) is 1.97. The molecule has 0 saturated heterocycles. The number of hydrogen-bond acceptors (Lipinski definition) is 4. The van der Waals surface area contributed by atoms with Gasteiger partial charge in [0.25, 0.3) is 0 Å². The average molecular weight is 233 g/mol. The highest BCUT2D eigenvalue weighted by Crippen LogP contribution is 2.28. The maximum atomic E-state index is 11.7. The van der Waals surface area contributed by atoms with E-state index in [1.54, 1.807) is 12.1 Å². The lowest BCUT2D eigenvalue weighted by molar-refractivity contribution is 0.0975. The van der Waals surface area contributed by atoms with Crippen LogP contribution in [0, 0.1) is 4.91 Å². The second-order valence-corrected chi connectivity index (χ2v) is 4.21. The average Bonchev–Trinajstić information content (AvgIpc) is 2.66. The summed E-state index contributed by atoms with van der Waals surface area (Å²) >= 11 is 0. The van der Waals surface area contributed by atoms with Crippen molar-refractivity contribution in [3.05, 3.63) is 34.2 Å². The summed E-state index contributed by atoms with van der Waals surface area (Å²) in [6.07, 6.45) is 2.50. The summed E-state index contributed by atoms with van der Waals surface area (Å²) in [5.41, 5.74) is 1.48. The largest absolute Gasteiger partial charge is 0.494 e. The van der Waals surface area contributed by atoms with Crippen LogP contribution >= 0.6 is 0 Å². The summed E-state index contributed by atoms with van der Waals surface area (Å²) in [4.78, 5) is 22.1.